The van der Waals surface area contributed by atoms with Crippen molar-refractivity contribution in [3.05, 3.63) is 96.6 Å². The fraction of sp³-hybridized carbons (Fsp3) is 0.130. The van der Waals surface area contributed by atoms with Gasteiger partial charge in [0, 0.05) is 19.6 Å². The Kier molecular flexibility index (Phi) is 7.24. The highest BCUT2D eigenvalue weighted by atomic mass is 32.2. The molecule has 0 atom stereocenters. The van der Waals surface area contributed by atoms with Crippen LogP contribution in [0.4, 0.5) is 5.69 Å². The Bertz CT molecular complexity index is 1090. The van der Waals surface area contributed by atoms with E-state index < -0.39 is 10.0 Å². The number of primary sulfonamides is 1. The highest BCUT2D eigenvalue weighted by molar-refractivity contribution is 7.89. The van der Waals surface area contributed by atoms with E-state index in [9.17, 15) is 8.42 Å². The maximum atomic E-state index is 12.4. The molecule has 4 N–H and O–H groups in total. The van der Waals surface area contributed by atoms with Gasteiger partial charge in [-0.3, -0.25) is 0 Å². The lowest BCUT2D eigenvalue weighted by Gasteiger charge is -2.18. The van der Waals surface area contributed by atoms with E-state index in [4.69, 9.17) is 9.88 Å². The Hall–Kier alpha value is -3.13. The van der Waals surface area contributed by atoms with Crippen LogP contribution in [0.15, 0.2) is 90.3 Å². The first-order valence-electron chi connectivity index (χ1n) is 9.49. The number of hydrogen-bond donors (Lipinski definition) is 3. The highest BCUT2D eigenvalue weighted by Gasteiger charge is 2.21. The number of sulfonamides is 1. The van der Waals surface area contributed by atoms with Crippen molar-refractivity contribution in [1.29, 1.82) is 0 Å². The minimum atomic E-state index is -4.03. The molecule has 3 rings (SSSR count). The molecule has 0 aliphatic heterocycles. The van der Waals surface area contributed by atoms with Crippen molar-refractivity contribution in [3.8, 4) is 11.5 Å². The molecular weight excluding hydrogens is 398 g/mol. The molecule has 7 heteroatoms. The van der Waals surface area contributed by atoms with E-state index in [1.165, 1.54) is 6.07 Å². The van der Waals surface area contributed by atoms with Crippen molar-refractivity contribution < 1.29 is 13.2 Å². The number of nitrogens with two attached hydrogens (primary N) is 1. The largest absolute Gasteiger partial charge is 0.454 e. The second kappa shape index (κ2) is 10.1. The van der Waals surface area contributed by atoms with Gasteiger partial charge in [0.2, 0.25) is 10.0 Å². The van der Waals surface area contributed by atoms with Gasteiger partial charge in [0.25, 0.3) is 0 Å². The Morgan fingerprint density at radius 2 is 1.60 bits per heavy atom. The molecule has 0 saturated carbocycles. The molecule has 0 saturated heterocycles. The topological polar surface area (TPSA) is 93.4 Å². The fourth-order valence-electron chi connectivity index (χ4n) is 2.93. The van der Waals surface area contributed by atoms with Gasteiger partial charge in [0.05, 0.1) is 5.69 Å². The van der Waals surface area contributed by atoms with Gasteiger partial charge in [0.1, 0.15) is 10.6 Å². The fourth-order valence-corrected chi connectivity index (χ4v) is 3.65. The molecule has 0 bridgehead atoms. The molecule has 0 unspecified atom stereocenters. The summed E-state index contributed by atoms with van der Waals surface area (Å²) in [6.07, 6.45) is 1.74. The lowest BCUT2D eigenvalue weighted by atomic mass is 10.1. The van der Waals surface area contributed by atoms with Gasteiger partial charge in [-0.05, 0) is 35.4 Å². The Morgan fingerprint density at radius 3 is 2.23 bits per heavy atom. The van der Waals surface area contributed by atoms with Crippen LogP contribution in [-0.2, 0) is 23.1 Å². The number of benzene rings is 3. The predicted octanol–water partition coefficient (Wildman–Crippen LogP) is 4.01. The molecule has 0 spiro atoms. The summed E-state index contributed by atoms with van der Waals surface area (Å²) in [7, 11) is -4.03. The molecule has 30 heavy (non-hydrogen) atoms. The third-order valence-electron chi connectivity index (χ3n) is 4.33. The Balaban J connectivity index is 2.03. The van der Waals surface area contributed by atoms with E-state index in [2.05, 4.69) is 17.2 Å². The second-order valence-corrected chi connectivity index (χ2v) is 8.22. The maximum absolute atomic E-state index is 12.4. The summed E-state index contributed by atoms with van der Waals surface area (Å²) in [4.78, 5) is -0.0696. The van der Waals surface area contributed by atoms with Crippen molar-refractivity contribution in [2.24, 2.45) is 5.14 Å². The highest BCUT2D eigenvalue weighted by Crippen LogP contribution is 2.37. The van der Waals surface area contributed by atoms with E-state index in [1.54, 1.807) is 18.2 Å². The first-order valence-corrected chi connectivity index (χ1v) is 11.0. The number of hydrogen-bond acceptors (Lipinski definition) is 5. The average molecular weight is 424 g/mol. The molecule has 156 valence electrons. The summed E-state index contributed by atoms with van der Waals surface area (Å²) >= 11 is 0. The number of para-hydroxylation sites is 1. The Morgan fingerprint density at radius 1 is 0.933 bits per heavy atom. The summed E-state index contributed by atoms with van der Waals surface area (Å²) in [6, 6.07) is 22.2. The maximum Gasteiger partial charge on any atom is 0.241 e. The summed E-state index contributed by atoms with van der Waals surface area (Å²) in [5.41, 5.74) is 2.36. The van der Waals surface area contributed by atoms with Crippen molar-refractivity contribution in [1.82, 2.24) is 5.32 Å². The van der Waals surface area contributed by atoms with Crippen LogP contribution in [0.3, 0.4) is 0 Å². The number of anilines is 1. The molecule has 0 radical (unpaired) electrons. The van der Waals surface area contributed by atoms with Gasteiger partial charge in [-0.1, -0.05) is 54.6 Å². The lowest BCUT2D eigenvalue weighted by molar-refractivity contribution is 0.469. The summed E-state index contributed by atoms with van der Waals surface area (Å²) in [5.74, 6) is 0.690. The predicted molar refractivity (Wildman–Crippen MR) is 120 cm³/mol. The molecule has 0 fully saturated rings. The summed E-state index contributed by atoms with van der Waals surface area (Å²) in [5, 5.41) is 12.0. The minimum Gasteiger partial charge on any atom is -0.454 e. The van der Waals surface area contributed by atoms with Crippen molar-refractivity contribution in [2.75, 3.05) is 11.9 Å². The van der Waals surface area contributed by atoms with Crippen molar-refractivity contribution in [3.63, 3.8) is 0 Å². The minimum absolute atomic E-state index is 0.0696. The molecule has 0 heterocycles. The van der Waals surface area contributed by atoms with E-state index in [0.29, 0.717) is 31.1 Å². The van der Waals surface area contributed by atoms with Gasteiger partial charge in [-0.15, -0.1) is 6.58 Å². The van der Waals surface area contributed by atoms with Crippen LogP contribution in [0.5, 0.6) is 11.5 Å². The van der Waals surface area contributed by atoms with Gasteiger partial charge >= 0.3 is 0 Å². The van der Waals surface area contributed by atoms with Crippen LogP contribution in [-0.4, -0.2) is 15.0 Å². The van der Waals surface area contributed by atoms with Crippen LogP contribution in [0.2, 0.25) is 0 Å². The van der Waals surface area contributed by atoms with Crippen molar-refractivity contribution in [2.45, 2.75) is 18.0 Å². The lowest BCUT2D eigenvalue weighted by Crippen LogP contribution is -2.17. The van der Waals surface area contributed by atoms with E-state index in [0.717, 1.165) is 11.1 Å². The quantitative estimate of drug-likeness (QED) is 0.338. The van der Waals surface area contributed by atoms with E-state index in [-0.39, 0.29) is 10.6 Å². The molecular formula is C23H25N3O3S. The van der Waals surface area contributed by atoms with Crippen LogP contribution in [0, 0.1) is 0 Å². The van der Waals surface area contributed by atoms with Gasteiger partial charge in [0.15, 0.2) is 5.75 Å². The first-order chi connectivity index (χ1) is 14.5. The zero-order valence-corrected chi connectivity index (χ0v) is 17.4. The third-order valence-corrected chi connectivity index (χ3v) is 5.24. The summed E-state index contributed by atoms with van der Waals surface area (Å²) < 4.78 is 30.7. The SMILES string of the molecule is C=CCNCc1cc(NCc2ccccc2)c(Oc2ccccc2)c(S(N)(=O)=O)c1. The molecule has 3 aromatic carbocycles. The second-order valence-electron chi connectivity index (χ2n) is 6.69. The molecule has 0 amide bonds. The number of rotatable bonds is 10. The monoisotopic (exact) mass is 423 g/mol. The zero-order chi connectivity index (χ0) is 21.4. The Labute approximate surface area is 177 Å². The third kappa shape index (κ3) is 5.93. The molecule has 6 nitrogen and oxygen atoms in total. The van der Waals surface area contributed by atoms with Gasteiger partial charge in [-0.2, -0.15) is 0 Å². The van der Waals surface area contributed by atoms with Crippen molar-refractivity contribution >= 4 is 15.7 Å². The van der Waals surface area contributed by atoms with Crippen LogP contribution in [0.1, 0.15) is 11.1 Å². The number of ether oxygens (including phenoxy) is 1. The summed E-state index contributed by atoms with van der Waals surface area (Å²) in [6.45, 7) is 5.23. The van der Waals surface area contributed by atoms with E-state index >= 15 is 0 Å². The molecule has 3 aromatic rings. The molecule has 0 aliphatic rings. The normalized spacial score (nSPS) is 11.1. The van der Waals surface area contributed by atoms with E-state index in [1.807, 2.05) is 54.6 Å². The van der Waals surface area contributed by atoms with Gasteiger partial charge < -0.3 is 15.4 Å². The molecule has 0 aromatic heterocycles. The number of nitrogens with one attached hydrogen (secondary N) is 2. The smallest absolute Gasteiger partial charge is 0.241 e. The zero-order valence-electron chi connectivity index (χ0n) is 16.5. The first kappa shape index (κ1) is 21.6. The standard InChI is InChI=1S/C23H25N3O3S/c1-2-13-25-16-19-14-21(26-17-18-9-5-3-6-10-18)23(22(15-19)30(24,27)28)29-20-11-7-4-8-12-20/h2-12,14-15,25-26H,1,13,16-17H2,(H2,24,27,28). The van der Waals surface area contributed by atoms with Gasteiger partial charge in [-0.25, -0.2) is 13.6 Å². The molecule has 0 aliphatic carbocycles. The average Bonchev–Trinajstić information content (AvgIpc) is 2.74. The van der Waals surface area contributed by atoms with Crippen LogP contribution < -0.4 is 20.5 Å². The van der Waals surface area contributed by atoms with Crippen LogP contribution in [0.25, 0.3) is 0 Å². The van der Waals surface area contributed by atoms with Crippen LogP contribution >= 0.6 is 0 Å².